The van der Waals surface area contributed by atoms with E-state index < -0.39 is 0 Å². The molecular formula is C18H21N5O. The molecule has 0 atom stereocenters. The molecule has 2 rings (SSSR count). The Morgan fingerprint density at radius 2 is 2.08 bits per heavy atom. The minimum atomic E-state index is -0.0772. The van der Waals surface area contributed by atoms with Gasteiger partial charge in [0.2, 0.25) is 5.43 Å². The highest BCUT2D eigenvalue weighted by Crippen LogP contribution is 1.96. The molecule has 0 aliphatic heterocycles. The second-order valence-corrected chi connectivity index (χ2v) is 4.90. The van der Waals surface area contributed by atoms with Gasteiger partial charge in [0.25, 0.3) is 0 Å². The minimum absolute atomic E-state index is 0.0772. The predicted molar refractivity (Wildman–Crippen MR) is 96.5 cm³/mol. The van der Waals surface area contributed by atoms with Crippen molar-refractivity contribution in [3.05, 3.63) is 70.7 Å². The highest BCUT2D eigenvalue weighted by molar-refractivity contribution is 6.00. The Labute approximate surface area is 142 Å². The SMILES string of the molecule is C=C(/C=N\N(C)CC)n1ccc(=O)c(C)n1.N#Cc1ccccc1. The fourth-order valence-electron chi connectivity index (χ4n) is 1.48. The summed E-state index contributed by atoms with van der Waals surface area (Å²) in [7, 11) is 1.87. The van der Waals surface area contributed by atoms with E-state index in [9.17, 15) is 4.79 Å². The van der Waals surface area contributed by atoms with E-state index >= 15 is 0 Å². The molecule has 0 aliphatic carbocycles. The third kappa shape index (κ3) is 6.28. The van der Waals surface area contributed by atoms with E-state index in [1.807, 2.05) is 38.2 Å². The molecule has 0 N–H and O–H groups in total. The summed E-state index contributed by atoms with van der Waals surface area (Å²) >= 11 is 0. The molecule has 0 saturated carbocycles. The minimum Gasteiger partial charge on any atom is -0.300 e. The van der Waals surface area contributed by atoms with E-state index in [0.717, 1.165) is 6.54 Å². The average Bonchev–Trinajstić information content (AvgIpc) is 2.62. The van der Waals surface area contributed by atoms with E-state index in [0.29, 0.717) is 17.0 Å². The zero-order valence-electron chi connectivity index (χ0n) is 14.2. The van der Waals surface area contributed by atoms with E-state index in [1.54, 1.807) is 36.5 Å². The van der Waals surface area contributed by atoms with Crippen LogP contribution < -0.4 is 5.43 Å². The molecule has 0 aliphatic rings. The fourth-order valence-corrected chi connectivity index (χ4v) is 1.48. The molecule has 0 fully saturated rings. The summed E-state index contributed by atoms with van der Waals surface area (Å²) in [6.45, 7) is 8.31. The van der Waals surface area contributed by atoms with E-state index in [4.69, 9.17) is 5.26 Å². The molecule has 124 valence electrons. The topological polar surface area (TPSA) is 74.3 Å². The maximum Gasteiger partial charge on any atom is 0.203 e. The van der Waals surface area contributed by atoms with Crippen molar-refractivity contribution in [1.29, 1.82) is 5.26 Å². The monoisotopic (exact) mass is 323 g/mol. The first kappa shape index (κ1) is 18.8. The molecule has 1 aromatic heterocycles. The summed E-state index contributed by atoms with van der Waals surface area (Å²) < 4.78 is 1.53. The zero-order valence-corrected chi connectivity index (χ0v) is 14.2. The Bertz CT molecular complexity index is 787. The van der Waals surface area contributed by atoms with Crippen molar-refractivity contribution < 1.29 is 0 Å². The molecular weight excluding hydrogens is 302 g/mol. The lowest BCUT2D eigenvalue weighted by Gasteiger charge is -2.09. The Morgan fingerprint density at radius 1 is 1.42 bits per heavy atom. The number of rotatable bonds is 4. The third-order valence-electron chi connectivity index (χ3n) is 3.04. The van der Waals surface area contributed by atoms with Gasteiger partial charge in [-0.15, -0.1) is 0 Å². The predicted octanol–water partition coefficient (Wildman–Crippen LogP) is 2.52. The lowest BCUT2D eigenvalue weighted by atomic mass is 10.2. The lowest BCUT2D eigenvalue weighted by Crippen LogP contribution is -2.15. The Morgan fingerprint density at radius 3 is 2.58 bits per heavy atom. The van der Waals surface area contributed by atoms with Gasteiger partial charge in [-0.1, -0.05) is 24.8 Å². The van der Waals surface area contributed by atoms with Crippen LogP contribution in [-0.4, -0.2) is 34.6 Å². The number of nitriles is 1. The molecule has 0 spiro atoms. The quantitative estimate of drug-likeness (QED) is 0.640. The summed E-state index contributed by atoms with van der Waals surface area (Å²) in [5.41, 5.74) is 1.70. The molecule has 6 heteroatoms. The van der Waals surface area contributed by atoms with Crippen LogP contribution in [0.1, 0.15) is 18.2 Å². The van der Waals surface area contributed by atoms with Crippen molar-refractivity contribution in [3.8, 4) is 6.07 Å². The van der Waals surface area contributed by atoms with Crippen LogP contribution in [0.2, 0.25) is 0 Å². The standard InChI is InChI=1S/C11H16N4O.C7H5N/c1-5-14(4)12-8-9(2)15-7-6-11(16)10(3)13-15;8-6-7-4-2-1-3-5-7/h6-8H,2,5H2,1,3-4H3;1-5H/b12-8-;. The molecule has 0 unspecified atom stereocenters. The van der Waals surface area contributed by atoms with Gasteiger partial charge in [-0.2, -0.15) is 15.5 Å². The Kier molecular flexibility index (Phi) is 7.65. The molecule has 0 saturated heterocycles. The normalized spacial score (nSPS) is 9.75. The Balaban J connectivity index is 0.000000300. The molecule has 0 radical (unpaired) electrons. The fraction of sp³-hybridized carbons (Fsp3) is 0.222. The first-order valence-corrected chi connectivity index (χ1v) is 7.44. The number of benzene rings is 1. The summed E-state index contributed by atoms with van der Waals surface area (Å²) in [6.07, 6.45) is 3.19. The largest absolute Gasteiger partial charge is 0.300 e. The van der Waals surface area contributed by atoms with Crippen molar-refractivity contribution in [3.63, 3.8) is 0 Å². The van der Waals surface area contributed by atoms with Crippen LogP contribution in [0.25, 0.3) is 5.70 Å². The lowest BCUT2D eigenvalue weighted by molar-refractivity contribution is 0.377. The van der Waals surface area contributed by atoms with Crippen LogP contribution in [0.15, 0.2) is 59.1 Å². The van der Waals surface area contributed by atoms with E-state index in [-0.39, 0.29) is 5.43 Å². The van der Waals surface area contributed by atoms with Crippen molar-refractivity contribution >= 4 is 11.9 Å². The van der Waals surface area contributed by atoms with Crippen LogP contribution >= 0.6 is 0 Å². The van der Waals surface area contributed by atoms with Crippen molar-refractivity contribution in [2.45, 2.75) is 13.8 Å². The van der Waals surface area contributed by atoms with Gasteiger partial charge in [-0.05, 0) is 26.0 Å². The van der Waals surface area contributed by atoms with Gasteiger partial charge >= 0.3 is 0 Å². The number of aromatic nitrogens is 2. The highest BCUT2D eigenvalue weighted by Gasteiger charge is 1.98. The van der Waals surface area contributed by atoms with Crippen LogP contribution in [0.5, 0.6) is 0 Å². The van der Waals surface area contributed by atoms with Crippen molar-refractivity contribution in [2.24, 2.45) is 5.10 Å². The van der Waals surface area contributed by atoms with Gasteiger partial charge in [0, 0.05) is 25.9 Å². The molecule has 0 amide bonds. The number of hydrogen-bond donors (Lipinski definition) is 0. The van der Waals surface area contributed by atoms with Crippen LogP contribution in [0, 0.1) is 18.3 Å². The number of hydrazone groups is 1. The maximum absolute atomic E-state index is 11.2. The maximum atomic E-state index is 11.2. The van der Waals surface area contributed by atoms with E-state index in [1.165, 1.54) is 10.7 Å². The van der Waals surface area contributed by atoms with Gasteiger partial charge < -0.3 is 5.01 Å². The van der Waals surface area contributed by atoms with Gasteiger partial charge in [-0.25, -0.2) is 4.68 Å². The molecule has 24 heavy (non-hydrogen) atoms. The summed E-state index contributed by atoms with van der Waals surface area (Å²) in [5, 5.41) is 18.3. The van der Waals surface area contributed by atoms with Crippen molar-refractivity contribution in [2.75, 3.05) is 13.6 Å². The Hall–Kier alpha value is -3.20. The van der Waals surface area contributed by atoms with Crippen LogP contribution in [0.3, 0.4) is 0 Å². The van der Waals surface area contributed by atoms with Gasteiger partial charge in [0.1, 0.15) is 5.69 Å². The molecule has 1 heterocycles. The second kappa shape index (κ2) is 9.74. The summed E-state index contributed by atoms with van der Waals surface area (Å²) in [6, 6.07) is 12.6. The zero-order chi connectivity index (χ0) is 17.9. The number of allylic oxidation sites excluding steroid dienone is 1. The third-order valence-corrected chi connectivity index (χ3v) is 3.04. The first-order chi connectivity index (χ1) is 11.5. The van der Waals surface area contributed by atoms with Crippen LogP contribution in [-0.2, 0) is 0 Å². The summed E-state index contributed by atoms with van der Waals surface area (Å²) in [5.74, 6) is 0. The van der Waals surface area contributed by atoms with Crippen molar-refractivity contribution in [1.82, 2.24) is 14.8 Å². The van der Waals surface area contributed by atoms with Gasteiger partial charge in [0.05, 0.1) is 23.5 Å². The van der Waals surface area contributed by atoms with E-state index in [2.05, 4.69) is 16.8 Å². The number of nitrogens with zero attached hydrogens (tertiary/aromatic N) is 5. The first-order valence-electron chi connectivity index (χ1n) is 7.44. The average molecular weight is 323 g/mol. The second-order valence-electron chi connectivity index (χ2n) is 4.90. The smallest absolute Gasteiger partial charge is 0.203 e. The van der Waals surface area contributed by atoms with Gasteiger partial charge in [0.15, 0.2) is 0 Å². The molecule has 6 nitrogen and oxygen atoms in total. The van der Waals surface area contributed by atoms with Crippen LogP contribution in [0.4, 0.5) is 0 Å². The summed E-state index contributed by atoms with van der Waals surface area (Å²) in [4.78, 5) is 11.2. The highest BCUT2D eigenvalue weighted by atomic mass is 16.1. The molecule has 0 bridgehead atoms. The molecule has 2 aromatic rings. The molecule has 1 aromatic carbocycles. The number of aryl methyl sites for hydroxylation is 1. The number of hydrogen-bond acceptors (Lipinski definition) is 5. The van der Waals surface area contributed by atoms with Gasteiger partial charge in [-0.3, -0.25) is 4.79 Å².